The van der Waals surface area contributed by atoms with Gasteiger partial charge in [0.2, 0.25) is 11.8 Å². The fourth-order valence-corrected chi connectivity index (χ4v) is 4.08. The lowest BCUT2D eigenvalue weighted by Crippen LogP contribution is -2.47. The highest BCUT2D eigenvalue weighted by Gasteiger charge is 2.41. The molecule has 1 fully saturated rings. The minimum Gasteiger partial charge on any atom is -0.497 e. The molecule has 0 aromatic heterocycles. The van der Waals surface area contributed by atoms with Crippen LogP contribution in [-0.2, 0) is 14.4 Å². The molecular weight excluding hydrogens is 439 g/mol. The van der Waals surface area contributed by atoms with Crippen molar-refractivity contribution in [3.05, 3.63) is 35.5 Å². The molecule has 2 aliphatic rings. The van der Waals surface area contributed by atoms with Crippen LogP contribution in [0.3, 0.4) is 0 Å². The second-order valence-corrected chi connectivity index (χ2v) is 8.99. The van der Waals surface area contributed by atoms with Gasteiger partial charge in [0.05, 0.1) is 19.2 Å². The number of rotatable bonds is 6. The van der Waals surface area contributed by atoms with Crippen molar-refractivity contribution in [2.24, 2.45) is 5.41 Å². The number of nitrogens with one attached hydrogen (secondary N) is 2. The zero-order valence-electron chi connectivity index (χ0n) is 19.0. The smallest absolute Gasteiger partial charge is 0.389 e. The van der Waals surface area contributed by atoms with Gasteiger partial charge in [0.15, 0.2) is 5.78 Å². The largest absolute Gasteiger partial charge is 0.497 e. The number of allylic oxidation sites excluding steroid dienone is 1. The van der Waals surface area contributed by atoms with Crippen LogP contribution >= 0.6 is 0 Å². The van der Waals surface area contributed by atoms with E-state index in [0.29, 0.717) is 17.9 Å². The molecule has 2 unspecified atom stereocenters. The predicted octanol–water partition coefficient (Wildman–Crippen LogP) is 3.40. The minimum absolute atomic E-state index is 0.241. The lowest BCUT2D eigenvalue weighted by Gasteiger charge is -2.27. The summed E-state index contributed by atoms with van der Waals surface area (Å²) in [6.45, 7) is 6.14. The van der Waals surface area contributed by atoms with Crippen LogP contribution in [0.4, 0.5) is 18.9 Å². The van der Waals surface area contributed by atoms with Crippen LogP contribution in [0.2, 0.25) is 0 Å². The summed E-state index contributed by atoms with van der Waals surface area (Å²) in [6, 6.07) is 3.09. The second kappa shape index (κ2) is 9.07. The first-order valence-electron chi connectivity index (χ1n) is 10.7. The Morgan fingerprint density at radius 1 is 1.30 bits per heavy atom. The number of carbonyl (C=O) groups excluding carboxylic acids is 3. The Balaban J connectivity index is 1.83. The maximum atomic E-state index is 13.2. The highest BCUT2D eigenvalue weighted by molar-refractivity contribution is 6.02. The van der Waals surface area contributed by atoms with Crippen molar-refractivity contribution in [2.45, 2.75) is 58.3 Å². The fraction of sp³-hybridized carbons (Fsp3) is 0.522. The molecule has 33 heavy (non-hydrogen) atoms. The summed E-state index contributed by atoms with van der Waals surface area (Å²) < 4.78 is 42.3. The van der Waals surface area contributed by atoms with E-state index in [2.05, 4.69) is 10.6 Å². The minimum atomic E-state index is -4.46. The van der Waals surface area contributed by atoms with Crippen molar-refractivity contribution >= 4 is 23.3 Å². The Morgan fingerprint density at radius 2 is 2.00 bits per heavy atom. The van der Waals surface area contributed by atoms with E-state index < -0.39 is 42.9 Å². The zero-order valence-corrected chi connectivity index (χ0v) is 19.0. The van der Waals surface area contributed by atoms with Crippen LogP contribution in [-0.4, -0.2) is 43.5 Å². The molecule has 2 atom stereocenters. The van der Waals surface area contributed by atoms with Gasteiger partial charge in [0.25, 0.3) is 0 Å². The summed E-state index contributed by atoms with van der Waals surface area (Å²) in [5.41, 5.74) is 1.92. The van der Waals surface area contributed by atoms with Crippen molar-refractivity contribution < 1.29 is 32.3 Å². The van der Waals surface area contributed by atoms with E-state index in [1.54, 1.807) is 12.1 Å². The number of ketones is 1. The highest BCUT2D eigenvalue weighted by atomic mass is 19.4. The molecule has 0 aliphatic carbocycles. The molecule has 10 heteroatoms. The number of anilines is 1. The summed E-state index contributed by atoms with van der Waals surface area (Å²) in [5, 5.41) is 4.92. The third-order valence-electron chi connectivity index (χ3n) is 6.04. The molecule has 2 heterocycles. The fourth-order valence-electron chi connectivity index (χ4n) is 4.08. The van der Waals surface area contributed by atoms with Gasteiger partial charge in [0.1, 0.15) is 17.8 Å². The van der Waals surface area contributed by atoms with Crippen LogP contribution in [0.5, 0.6) is 5.75 Å². The van der Waals surface area contributed by atoms with Crippen LogP contribution in [0.1, 0.15) is 51.6 Å². The number of alkyl halides is 3. The number of ether oxygens (including phenoxy) is 1. The summed E-state index contributed by atoms with van der Waals surface area (Å²) in [4.78, 5) is 39.8. The summed E-state index contributed by atoms with van der Waals surface area (Å²) >= 11 is 0. The van der Waals surface area contributed by atoms with Crippen molar-refractivity contribution in [3.63, 3.8) is 0 Å². The van der Waals surface area contributed by atoms with E-state index in [9.17, 15) is 27.6 Å². The molecule has 0 radical (unpaired) electrons. The molecule has 180 valence electrons. The number of hydrogen-bond donors (Lipinski definition) is 2. The van der Waals surface area contributed by atoms with E-state index in [4.69, 9.17) is 4.74 Å². The molecule has 2 N–H and O–H groups in total. The molecule has 3 rings (SSSR count). The zero-order chi connectivity index (χ0) is 24.6. The molecule has 1 saturated heterocycles. The van der Waals surface area contributed by atoms with Gasteiger partial charge in [-0.05, 0) is 19.4 Å². The number of fused-ring (bicyclic) bond motifs is 3. The van der Waals surface area contributed by atoms with Gasteiger partial charge in [0, 0.05) is 41.8 Å². The van der Waals surface area contributed by atoms with Gasteiger partial charge in [-0.1, -0.05) is 19.9 Å². The standard InChI is InChI=1S/C23H28F3N3O4/c1-13(27-19(31)7-8-23(24,25)26)21(32)28-20-15-6-5-14(33-4)11-16(15)29-10-9-22(2,3)18(29)12-17(20)30/h5-6,11-13,20H,7-10H2,1-4H3,(H,27,31)(H,28,32). The maximum Gasteiger partial charge on any atom is 0.389 e. The highest BCUT2D eigenvalue weighted by Crippen LogP contribution is 2.47. The van der Waals surface area contributed by atoms with Crippen LogP contribution in [0.25, 0.3) is 0 Å². The quantitative estimate of drug-likeness (QED) is 0.670. The first kappa shape index (κ1) is 24.6. The number of benzene rings is 1. The number of halogens is 3. The van der Waals surface area contributed by atoms with E-state index >= 15 is 0 Å². The Hall–Kier alpha value is -3.04. The summed E-state index contributed by atoms with van der Waals surface area (Å²) in [6.07, 6.45) is -4.13. The monoisotopic (exact) mass is 467 g/mol. The third kappa shape index (κ3) is 5.48. The average molecular weight is 467 g/mol. The van der Waals surface area contributed by atoms with Gasteiger partial charge < -0.3 is 20.3 Å². The Labute approximate surface area is 190 Å². The van der Waals surface area contributed by atoms with E-state index in [1.807, 2.05) is 24.8 Å². The van der Waals surface area contributed by atoms with Crippen LogP contribution in [0, 0.1) is 5.41 Å². The number of methoxy groups -OCH3 is 1. The topological polar surface area (TPSA) is 87.7 Å². The maximum absolute atomic E-state index is 13.2. The van der Waals surface area contributed by atoms with Gasteiger partial charge in [-0.25, -0.2) is 0 Å². The second-order valence-electron chi connectivity index (χ2n) is 8.99. The summed E-state index contributed by atoms with van der Waals surface area (Å²) in [7, 11) is 1.54. The lowest BCUT2D eigenvalue weighted by atomic mass is 9.88. The van der Waals surface area contributed by atoms with Crippen molar-refractivity contribution in [1.29, 1.82) is 0 Å². The number of hydrogen-bond acceptors (Lipinski definition) is 5. The normalized spacial score (nSPS) is 20.2. The molecule has 2 amide bonds. The van der Waals surface area contributed by atoms with Gasteiger partial charge in [-0.3, -0.25) is 14.4 Å². The van der Waals surface area contributed by atoms with E-state index in [0.717, 1.165) is 17.8 Å². The number of carbonyl (C=O) groups is 3. The van der Waals surface area contributed by atoms with Crippen LogP contribution < -0.4 is 20.3 Å². The van der Waals surface area contributed by atoms with Gasteiger partial charge in [-0.2, -0.15) is 13.2 Å². The molecule has 0 bridgehead atoms. The Morgan fingerprint density at radius 3 is 2.64 bits per heavy atom. The van der Waals surface area contributed by atoms with Crippen LogP contribution in [0.15, 0.2) is 30.0 Å². The molecule has 0 spiro atoms. The van der Waals surface area contributed by atoms with Crippen molar-refractivity contribution in [2.75, 3.05) is 18.6 Å². The lowest BCUT2D eigenvalue weighted by molar-refractivity contribution is -0.144. The number of nitrogens with zero attached hydrogens (tertiary/aromatic N) is 1. The molecule has 1 aromatic rings. The van der Waals surface area contributed by atoms with E-state index in [-0.39, 0.29) is 11.2 Å². The predicted molar refractivity (Wildman–Crippen MR) is 116 cm³/mol. The average Bonchev–Trinajstić information content (AvgIpc) is 2.96. The van der Waals surface area contributed by atoms with E-state index in [1.165, 1.54) is 20.1 Å². The molecule has 0 saturated carbocycles. The van der Waals surface area contributed by atoms with Crippen molar-refractivity contribution in [3.8, 4) is 5.75 Å². The molecule has 7 nitrogen and oxygen atoms in total. The van der Waals surface area contributed by atoms with Gasteiger partial charge >= 0.3 is 6.18 Å². The summed E-state index contributed by atoms with van der Waals surface area (Å²) in [5.74, 6) is -1.28. The molecule has 2 aliphatic heterocycles. The molecule has 1 aromatic carbocycles. The Bertz CT molecular complexity index is 988. The SMILES string of the molecule is COc1ccc2c(c1)N1CCC(C)(C)C1=CC(=O)C2NC(=O)C(C)NC(=O)CCC(F)(F)F. The van der Waals surface area contributed by atoms with Crippen molar-refractivity contribution in [1.82, 2.24) is 10.6 Å². The third-order valence-corrected chi connectivity index (χ3v) is 6.04. The first-order chi connectivity index (χ1) is 15.3. The first-order valence-corrected chi connectivity index (χ1v) is 10.7. The number of amides is 2. The molecular formula is C23H28F3N3O4. The Kier molecular flexibility index (Phi) is 6.76. The van der Waals surface area contributed by atoms with Gasteiger partial charge in [-0.15, -0.1) is 0 Å².